The zero-order chi connectivity index (χ0) is 16.2. The molecule has 1 aliphatic rings. The molecule has 0 bridgehead atoms. The minimum atomic E-state index is -3.25. The molecule has 1 N–H and O–H groups in total. The van der Waals surface area contributed by atoms with Gasteiger partial charge in [-0.1, -0.05) is 32.0 Å². The molecule has 0 aliphatic carbocycles. The second-order valence-electron chi connectivity index (χ2n) is 6.44. The molecule has 1 aromatic carbocycles. The lowest BCUT2D eigenvalue weighted by Crippen LogP contribution is -2.42. The van der Waals surface area contributed by atoms with Crippen molar-refractivity contribution >= 4 is 39.8 Å². The molecule has 0 radical (unpaired) electrons. The van der Waals surface area contributed by atoms with Crippen molar-refractivity contribution in [1.82, 2.24) is 10.2 Å². The van der Waals surface area contributed by atoms with E-state index in [1.807, 2.05) is 6.07 Å². The summed E-state index contributed by atoms with van der Waals surface area (Å²) in [5.41, 5.74) is 0.285. The van der Waals surface area contributed by atoms with Gasteiger partial charge in [0.25, 0.3) is 0 Å². The molecule has 7 heteroatoms. The van der Waals surface area contributed by atoms with Crippen molar-refractivity contribution in [3.63, 3.8) is 0 Å². The van der Waals surface area contributed by atoms with Crippen LogP contribution in [0.5, 0.6) is 0 Å². The van der Waals surface area contributed by atoms with Gasteiger partial charge < -0.3 is 10.2 Å². The molecule has 0 amide bonds. The smallest absolute Gasteiger partial charge is 0.193 e. The van der Waals surface area contributed by atoms with Crippen molar-refractivity contribution in [3.8, 4) is 0 Å². The van der Waals surface area contributed by atoms with Gasteiger partial charge in [-0.05, 0) is 24.0 Å². The van der Waals surface area contributed by atoms with E-state index < -0.39 is 9.84 Å². The van der Waals surface area contributed by atoms with Crippen molar-refractivity contribution in [2.75, 3.05) is 32.4 Å². The van der Waals surface area contributed by atoms with E-state index in [1.165, 1.54) is 0 Å². The lowest BCUT2D eigenvalue weighted by atomic mass is 9.93. The van der Waals surface area contributed by atoms with Gasteiger partial charge >= 0.3 is 0 Å². The number of aliphatic imine (C=N–C) groups is 1. The molecule has 1 heterocycles. The van der Waals surface area contributed by atoms with Gasteiger partial charge in [0.1, 0.15) is 0 Å². The number of halogens is 1. The van der Waals surface area contributed by atoms with Gasteiger partial charge in [0.2, 0.25) is 0 Å². The highest BCUT2D eigenvalue weighted by Crippen LogP contribution is 2.28. The number of hydrogen-bond acceptors (Lipinski definition) is 3. The van der Waals surface area contributed by atoms with Crippen LogP contribution in [0.4, 0.5) is 0 Å². The molecule has 1 aliphatic heterocycles. The number of nitrogens with zero attached hydrogens (tertiary/aromatic N) is 2. The zero-order valence-corrected chi connectivity index (χ0v) is 17.1. The largest absolute Gasteiger partial charge is 0.355 e. The molecule has 0 spiro atoms. The summed E-state index contributed by atoms with van der Waals surface area (Å²) in [6.45, 7) is 6.73. The second kappa shape index (κ2) is 8.32. The normalized spacial score (nSPS) is 17.7. The second-order valence-corrected chi connectivity index (χ2v) is 8.55. The van der Waals surface area contributed by atoms with E-state index >= 15 is 0 Å². The van der Waals surface area contributed by atoms with Gasteiger partial charge in [-0.15, -0.1) is 24.0 Å². The molecule has 0 atom stereocenters. The Hall–Kier alpha value is -0.830. The zero-order valence-electron chi connectivity index (χ0n) is 13.9. The average Bonchev–Trinajstić information content (AvgIpc) is 2.84. The Morgan fingerprint density at radius 1 is 1.30 bits per heavy atom. The molecule has 0 saturated carbocycles. The molecule has 130 valence electrons. The van der Waals surface area contributed by atoms with E-state index in [0.29, 0.717) is 11.4 Å². The minimum Gasteiger partial charge on any atom is -0.355 e. The summed E-state index contributed by atoms with van der Waals surface area (Å²) in [6.07, 6.45) is 1.12. The Morgan fingerprint density at radius 3 is 2.48 bits per heavy atom. The lowest BCUT2D eigenvalue weighted by molar-refractivity contribution is 0.370. The van der Waals surface area contributed by atoms with Crippen molar-refractivity contribution in [3.05, 3.63) is 30.3 Å². The van der Waals surface area contributed by atoms with E-state index in [0.717, 1.165) is 25.5 Å². The summed E-state index contributed by atoms with van der Waals surface area (Å²) in [5.74, 6) is 0.849. The molecule has 0 unspecified atom stereocenters. The first-order valence-corrected chi connectivity index (χ1v) is 9.23. The van der Waals surface area contributed by atoms with Crippen molar-refractivity contribution < 1.29 is 8.42 Å². The van der Waals surface area contributed by atoms with E-state index in [-0.39, 0.29) is 35.1 Å². The monoisotopic (exact) mass is 451 g/mol. The van der Waals surface area contributed by atoms with E-state index in [9.17, 15) is 8.42 Å². The summed E-state index contributed by atoms with van der Waals surface area (Å²) in [6, 6.07) is 8.56. The molecule has 23 heavy (non-hydrogen) atoms. The molecule has 1 fully saturated rings. The highest BCUT2D eigenvalue weighted by atomic mass is 127. The third-order valence-corrected chi connectivity index (χ3v) is 5.68. The number of hydrogen-bond donors (Lipinski definition) is 1. The summed E-state index contributed by atoms with van der Waals surface area (Å²) in [7, 11) is -1.51. The first-order valence-electron chi connectivity index (χ1n) is 7.57. The summed E-state index contributed by atoms with van der Waals surface area (Å²) in [4.78, 5) is 6.82. The molecule has 2 rings (SSSR count). The van der Waals surface area contributed by atoms with Crippen LogP contribution in [0.1, 0.15) is 20.3 Å². The quantitative estimate of drug-likeness (QED) is 0.434. The van der Waals surface area contributed by atoms with E-state index in [4.69, 9.17) is 0 Å². The van der Waals surface area contributed by atoms with Crippen LogP contribution in [0.2, 0.25) is 0 Å². The fraction of sp³-hybridized carbons (Fsp3) is 0.562. The van der Waals surface area contributed by atoms with Gasteiger partial charge in [-0.25, -0.2) is 8.42 Å². The molecule has 1 aromatic rings. The van der Waals surface area contributed by atoms with Gasteiger partial charge in [0, 0.05) is 26.7 Å². The predicted octanol–water partition coefficient (Wildman–Crippen LogP) is 2.39. The lowest BCUT2D eigenvalue weighted by Gasteiger charge is -2.23. The first-order chi connectivity index (χ1) is 10.3. The van der Waals surface area contributed by atoms with Crippen LogP contribution in [0.25, 0.3) is 0 Å². The maximum absolute atomic E-state index is 12.2. The minimum absolute atomic E-state index is 0. The molecule has 5 nitrogen and oxygen atoms in total. The SMILES string of the molecule is CN=C(NCCS(=O)(=O)c1ccccc1)N1CCC(C)(C)C1.I. The number of benzene rings is 1. The van der Waals surface area contributed by atoms with Gasteiger partial charge in [-0.3, -0.25) is 4.99 Å². The number of likely N-dealkylation sites (tertiary alicyclic amines) is 1. The molecule has 1 saturated heterocycles. The Kier molecular flexibility index (Phi) is 7.31. The molecular formula is C16H26IN3O2S. The van der Waals surface area contributed by atoms with Crippen LogP contribution in [0, 0.1) is 5.41 Å². The van der Waals surface area contributed by atoms with Crippen LogP contribution in [0.15, 0.2) is 40.2 Å². The number of sulfone groups is 1. The van der Waals surface area contributed by atoms with Crippen molar-refractivity contribution in [2.24, 2.45) is 10.4 Å². The van der Waals surface area contributed by atoms with Crippen molar-refractivity contribution in [2.45, 2.75) is 25.2 Å². The Balaban J connectivity index is 0.00000264. The van der Waals surface area contributed by atoms with Gasteiger partial charge in [0.15, 0.2) is 15.8 Å². The van der Waals surface area contributed by atoms with Crippen LogP contribution in [-0.4, -0.2) is 51.7 Å². The third kappa shape index (κ3) is 5.63. The summed E-state index contributed by atoms with van der Waals surface area (Å²) >= 11 is 0. The van der Waals surface area contributed by atoms with E-state index in [2.05, 4.69) is 29.1 Å². The molecule has 0 aromatic heterocycles. The van der Waals surface area contributed by atoms with Crippen LogP contribution in [0.3, 0.4) is 0 Å². The number of rotatable bonds is 4. The Bertz CT molecular complexity index is 630. The summed E-state index contributed by atoms with van der Waals surface area (Å²) < 4.78 is 24.5. The molecular weight excluding hydrogens is 425 g/mol. The average molecular weight is 451 g/mol. The number of nitrogens with one attached hydrogen (secondary N) is 1. The fourth-order valence-electron chi connectivity index (χ4n) is 2.67. The Labute approximate surface area is 156 Å². The fourth-order valence-corrected chi connectivity index (χ4v) is 3.85. The maximum Gasteiger partial charge on any atom is 0.193 e. The summed E-state index contributed by atoms with van der Waals surface area (Å²) in [5, 5.41) is 3.17. The van der Waals surface area contributed by atoms with Gasteiger partial charge in [0.05, 0.1) is 10.6 Å². The first kappa shape index (κ1) is 20.2. The topological polar surface area (TPSA) is 61.8 Å². The number of guanidine groups is 1. The highest BCUT2D eigenvalue weighted by molar-refractivity contribution is 14.0. The van der Waals surface area contributed by atoms with Crippen LogP contribution in [-0.2, 0) is 9.84 Å². The predicted molar refractivity (Wildman–Crippen MR) is 105 cm³/mol. The maximum atomic E-state index is 12.2. The van der Waals surface area contributed by atoms with Crippen LogP contribution < -0.4 is 5.32 Å². The van der Waals surface area contributed by atoms with E-state index in [1.54, 1.807) is 31.3 Å². The van der Waals surface area contributed by atoms with Crippen molar-refractivity contribution in [1.29, 1.82) is 0 Å². The standard InChI is InChI=1S/C16H25N3O2S.HI/c1-16(2)9-11-19(13-16)15(17-3)18-10-12-22(20,21)14-7-5-4-6-8-14;/h4-8H,9-13H2,1-3H3,(H,17,18);1H. The highest BCUT2D eigenvalue weighted by Gasteiger charge is 2.30. The third-order valence-electron chi connectivity index (χ3n) is 3.94. The van der Waals surface area contributed by atoms with Gasteiger partial charge in [-0.2, -0.15) is 0 Å². The van der Waals surface area contributed by atoms with Crippen LogP contribution >= 0.6 is 24.0 Å². The Morgan fingerprint density at radius 2 is 1.96 bits per heavy atom.